The zero-order valence-corrected chi connectivity index (χ0v) is 13.1. The van der Waals surface area contributed by atoms with Gasteiger partial charge in [0.05, 0.1) is 0 Å². The average Bonchev–Trinajstić information content (AvgIpc) is 2.42. The van der Waals surface area contributed by atoms with Crippen molar-refractivity contribution in [1.82, 2.24) is 9.97 Å². The number of anilines is 2. The molecule has 0 unspecified atom stereocenters. The lowest BCUT2D eigenvalue weighted by Crippen LogP contribution is -2.25. The van der Waals surface area contributed by atoms with Crippen LogP contribution in [0.15, 0.2) is 0 Å². The Morgan fingerprint density at radius 3 is 2.21 bits per heavy atom. The predicted octanol–water partition coefficient (Wildman–Crippen LogP) is 3.41. The first-order valence-corrected chi connectivity index (χ1v) is 7.54. The standard InChI is InChI=1S/C15H28N4/c1-6-10-13-17-14(16-11-7-2)12(5)15(18-13)19(8-3)9-4/h6-11H2,1-5H3,(H,16,17,18). The number of rotatable bonds is 8. The summed E-state index contributed by atoms with van der Waals surface area (Å²) in [5.74, 6) is 3.04. The second-order valence-corrected chi connectivity index (χ2v) is 4.79. The van der Waals surface area contributed by atoms with Gasteiger partial charge in [-0.15, -0.1) is 0 Å². The molecule has 1 aromatic rings. The van der Waals surface area contributed by atoms with Crippen LogP contribution in [0.5, 0.6) is 0 Å². The lowest BCUT2D eigenvalue weighted by atomic mass is 10.2. The molecule has 0 spiro atoms. The Bertz CT molecular complexity index is 386. The van der Waals surface area contributed by atoms with Crippen LogP contribution in [0.2, 0.25) is 0 Å². The van der Waals surface area contributed by atoms with Crippen molar-refractivity contribution in [1.29, 1.82) is 0 Å². The van der Waals surface area contributed by atoms with Gasteiger partial charge in [-0.3, -0.25) is 0 Å². The Balaban J connectivity index is 3.15. The average molecular weight is 264 g/mol. The maximum atomic E-state index is 4.75. The lowest BCUT2D eigenvalue weighted by Gasteiger charge is -2.24. The first-order chi connectivity index (χ1) is 9.17. The molecule has 0 aliphatic heterocycles. The summed E-state index contributed by atoms with van der Waals surface area (Å²) >= 11 is 0. The van der Waals surface area contributed by atoms with Crippen molar-refractivity contribution in [3.8, 4) is 0 Å². The summed E-state index contributed by atoms with van der Waals surface area (Å²) in [7, 11) is 0. The van der Waals surface area contributed by atoms with Crippen LogP contribution in [0.4, 0.5) is 11.6 Å². The first kappa shape index (κ1) is 15.7. The number of nitrogens with one attached hydrogen (secondary N) is 1. The summed E-state index contributed by atoms with van der Waals surface area (Å²) in [5, 5.41) is 3.43. The van der Waals surface area contributed by atoms with Gasteiger partial charge in [0.1, 0.15) is 17.5 Å². The summed E-state index contributed by atoms with van der Waals surface area (Å²) in [5.41, 5.74) is 1.16. The van der Waals surface area contributed by atoms with Crippen molar-refractivity contribution < 1.29 is 0 Å². The maximum absolute atomic E-state index is 4.75. The second-order valence-electron chi connectivity index (χ2n) is 4.79. The zero-order valence-electron chi connectivity index (χ0n) is 13.1. The van der Waals surface area contributed by atoms with E-state index in [1.54, 1.807) is 0 Å². The molecule has 0 fully saturated rings. The van der Waals surface area contributed by atoms with Crippen LogP contribution in [0.25, 0.3) is 0 Å². The molecule has 1 aromatic heterocycles. The quantitative estimate of drug-likeness (QED) is 0.781. The van der Waals surface area contributed by atoms with Gasteiger partial charge in [-0.1, -0.05) is 13.8 Å². The van der Waals surface area contributed by atoms with E-state index in [9.17, 15) is 0 Å². The SMILES string of the molecule is CCCNc1nc(CCC)nc(N(CC)CC)c1C. The highest BCUT2D eigenvalue weighted by atomic mass is 15.2. The molecule has 0 aromatic carbocycles. The molecule has 19 heavy (non-hydrogen) atoms. The Morgan fingerprint density at radius 2 is 1.68 bits per heavy atom. The molecule has 0 amide bonds. The molecule has 0 saturated heterocycles. The van der Waals surface area contributed by atoms with Crippen LogP contribution in [0.1, 0.15) is 51.9 Å². The third-order valence-electron chi connectivity index (χ3n) is 3.25. The van der Waals surface area contributed by atoms with Gasteiger partial charge in [-0.05, 0) is 33.6 Å². The van der Waals surface area contributed by atoms with E-state index in [0.717, 1.165) is 61.9 Å². The van der Waals surface area contributed by atoms with Crippen LogP contribution in [0, 0.1) is 6.92 Å². The Hall–Kier alpha value is -1.32. The smallest absolute Gasteiger partial charge is 0.137 e. The molecule has 1 heterocycles. The van der Waals surface area contributed by atoms with Crippen molar-refractivity contribution >= 4 is 11.6 Å². The van der Waals surface area contributed by atoms with E-state index in [-0.39, 0.29) is 0 Å². The highest BCUT2D eigenvalue weighted by Crippen LogP contribution is 2.24. The van der Waals surface area contributed by atoms with E-state index in [1.807, 2.05) is 0 Å². The van der Waals surface area contributed by atoms with Gasteiger partial charge in [-0.25, -0.2) is 9.97 Å². The fraction of sp³-hybridized carbons (Fsp3) is 0.733. The summed E-state index contributed by atoms with van der Waals surface area (Å²) in [4.78, 5) is 11.7. The summed E-state index contributed by atoms with van der Waals surface area (Å²) in [6.45, 7) is 13.7. The molecule has 4 nitrogen and oxygen atoms in total. The first-order valence-electron chi connectivity index (χ1n) is 7.54. The number of aromatic nitrogens is 2. The monoisotopic (exact) mass is 264 g/mol. The lowest BCUT2D eigenvalue weighted by molar-refractivity contribution is 0.789. The van der Waals surface area contributed by atoms with E-state index < -0.39 is 0 Å². The van der Waals surface area contributed by atoms with Crippen LogP contribution < -0.4 is 10.2 Å². The third-order valence-corrected chi connectivity index (χ3v) is 3.25. The van der Waals surface area contributed by atoms with Crippen molar-refractivity contribution in [2.75, 3.05) is 29.9 Å². The maximum Gasteiger partial charge on any atom is 0.137 e. The van der Waals surface area contributed by atoms with E-state index in [4.69, 9.17) is 4.98 Å². The number of hydrogen-bond acceptors (Lipinski definition) is 4. The summed E-state index contributed by atoms with van der Waals surface area (Å²) in [6.07, 6.45) is 3.12. The predicted molar refractivity (Wildman–Crippen MR) is 83.1 cm³/mol. The van der Waals surface area contributed by atoms with E-state index in [1.165, 1.54) is 0 Å². The Kier molecular flexibility index (Phi) is 6.60. The van der Waals surface area contributed by atoms with Crippen molar-refractivity contribution in [2.45, 2.75) is 53.9 Å². The molecule has 108 valence electrons. The van der Waals surface area contributed by atoms with Gasteiger partial charge < -0.3 is 10.2 Å². The molecule has 0 atom stereocenters. The van der Waals surface area contributed by atoms with Gasteiger partial charge in [-0.2, -0.15) is 0 Å². The van der Waals surface area contributed by atoms with Crippen LogP contribution in [-0.4, -0.2) is 29.6 Å². The second kappa shape index (κ2) is 7.97. The Morgan fingerprint density at radius 1 is 1.00 bits per heavy atom. The normalized spacial score (nSPS) is 10.6. The molecule has 4 heteroatoms. The molecule has 0 radical (unpaired) electrons. The zero-order chi connectivity index (χ0) is 14.3. The van der Waals surface area contributed by atoms with Crippen LogP contribution >= 0.6 is 0 Å². The molecule has 1 rings (SSSR count). The number of hydrogen-bond donors (Lipinski definition) is 1. The molecule has 0 aliphatic rings. The minimum absolute atomic E-state index is 0.940. The van der Waals surface area contributed by atoms with E-state index in [2.05, 4.69) is 49.8 Å². The van der Waals surface area contributed by atoms with Crippen molar-refractivity contribution in [3.05, 3.63) is 11.4 Å². The van der Waals surface area contributed by atoms with Gasteiger partial charge in [0.2, 0.25) is 0 Å². The largest absolute Gasteiger partial charge is 0.370 e. The number of nitrogens with zero attached hydrogens (tertiary/aromatic N) is 3. The third kappa shape index (κ3) is 4.08. The minimum atomic E-state index is 0.940. The van der Waals surface area contributed by atoms with Crippen LogP contribution in [0.3, 0.4) is 0 Å². The van der Waals surface area contributed by atoms with E-state index in [0.29, 0.717) is 0 Å². The van der Waals surface area contributed by atoms with E-state index >= 15 is 0 Å². The minimum Gasteiger partial charge on any atom is -0.370 e. The van der Waals surface area contributed by atoms with Crippen molar-refractivity contribution in [2.24, 2.45) is 0 Å². The fourth-order valence-electron chi connectivity index (χ4n) is 2.13. The molecule has 1 N–H and O–H groups in total. The highest BCUT2D eigenvalue weighted by molar-refractivity contribution is 5.58. The molecule has 0 aliphatic carbocycles. The summed E-state index contributed by atoms with van der Waals surface area (Å²) in [6, 6.07) is 0. The highest BCUT2D eigenvalue weighted by Gasteiger charge is 2.14. The molecular formula is C15H28N4. The van der Waals surface area contributed by atoms with Gasteiger partial charge in [0.15, 0.2) is 0 Å². The molecule has 0 bridgehead atoms. The number of aryl methyl sites for hydroxylation is 1. The van der Waals surface area contributed by atoms with Gasteiger partial charge in [0.25, 0.3) is 0 Å². The summed E-state index contributed by atoms with van der Waals surface area (Å²) < 4.78 is 0. The molecule has 0 saturated carbocycles. The Labute approximate surface area is 117 Å². The van der Waals surface area contributed by atoms with Crippen molar-refractivity contribution in [3.63, 3.8) is 0 Å². The molecular weight excluding hydrogens is 236 g/mol. The topological polar surface area (TPSA) is 41.1 Å². The van der Waals surface area contributed by atoms with Crippen LogP contribution in [-0.2, 0) is 6.42 Å². The van der Waals surface area contributed by atoms with Gasteiger partial charge >= 0.3 is 0 Å². The van der Waals surface area contributed by atoms with Gasteiger partial charge in [0, 0.05) is 31.6 Å². The fourth-order valence-corrected chi connectivity index (χ4v) is 2.13.